The Labute approximate surface area is 144 Å². The molecule has 1 aliphatic rings. The highest BCUT2D eigenvalue weighted by Gasteiger charge is 2.22. The molecule has 0 aliphatic carbocycles. The molecular formula is C18H26NO4P+2. The molecule has 0 amide bonds. The van der Waals surface area contributed by atoms with Crippen molar-refractivity contribution >= 4 is 19.2 Å². The Morgan fingerprint density at radius 3 is 2.62 bits per heavy atom. The monoisotopic (exact) mass is 351 g/mol. The summed E-state index contributed by atoms with van der Waals surface area (Å²) in [6.45, 7) is 6.25. The first-order valence-electron chi connectivity index (χ1n) is 8.17. The first-order chi connectivity index (χ1) is 11.5. The smallest absolute Gasteiger partial charge is 0.376 e. The van der Waals surface area contributed by atoms with Crippen molar-refractivity contribution < 1.29 is 22.9 Å². The summed E-state index contributed by atoms with van der Waals surface area (Å²) in [4.78, 5) is 0. The molecule has 0 bridgehead atoms. The second-order valence-electron chi connectivity index (χ2n) is 6.21. The zero-order chi connectivity index (χ0) is 17.4. The molecule has 24 heavy (non-hydrogen) atoms. The fraction of sp³-hybridized carbons (Fsp3) is 0.500. The van der Waals surface area contributed by atoms with E-state index in [2.05, 4.69) is 35.1 Å². The lowest BCUT2D eigenvalue weighted by Gasteiger charge is -2.14. The van der Waals surface area contributed by atoms with Crippen molar-refractivity contribution in [1.29, 1.82) is 0 Å². The molecule has 1 aromatic carbocycles. The predicted molar refractivity (Wildman–Crippen MR) is 94.0 cm³/mol. The number of pyridine rings is 1. The van der Waals surface area contributed by atoms with Gasteiger partial charge in [0.25, 0.3) is 0 Å². The number of aromatic nitrogens is 1. The maximum Gasteiger partial charge on any atom is 0.697 e. The van der Waals surface area contributed by atoms with Crippen molar-refractivity contribution in [2.24, 2.45) is 0 Å². The number of ether oxygens (including phenoxy) is 1. The quantitative estimate of drug-likeness (QED) is 0.603. The van der Waals surface area contributed by atoms with E-state index in [1.165, 1.54) is 25.3 Å². The van der Waals surface area contributed by atoms with Gasteiger partial charge in [-0.25, -0.2) is 0 Å². The number of benzene rings is 1. The fourth-order valence-corrected chi connectivity index (χ4v) is 2.94. The molecule has 1 fully saturated rings. The lowest BCUT2D eigenvalue weighted by Crippen LogP contribution is -2.35. The largest absolute Gasteiger partial charge is 0.697 e. The number of para-hydroxylation sites is 1. The van der Waals surface area contributed by atoms with Gasteiger partial charge in [0.2, 0.25) is 5.52 Å². The van der Waals surface area contributed by atoms with E-state index in [0.717, 1.165) is 12.1 Å². The van der Waals surface area contributed by atoms with Gasteiger partial charge in [-0.3, -0.25) is 0 Å². The lowest BCUT2D eigenvalue weighted by molar-refractivity contribution is -0.672. The summed E-state index contributed by atoms with van der Waals surface area (Å²) < 4.78 is 27.9. The fourth-order valence-electron chi connectivity index (χ4n) is 2.60. The van der Waals surface area contributed by atoms with E-state index in [-0.39, 0.29) is 5.60 Å². The van der Waals surface area contributed by atoms with Crippen molar-refractivity contribution in [3.63, 3.8) is 0 Å². The Morgan fingerprint density at radius 2 is 2.00 bits per heavy atom. The van der Waals surface area contributed by atoms with Gasteiger partial charge in [0.1, 0.15) is 0 Å². The highest BCUT2D eigenvalue weighted by molar-refractivity contribution is 7.33. The summed E-state index contributed by atoms with van der Waals surface area (Å²) in [6, 6.07) is 12.1. The molecule has 2 heterocycles. The SMILES string of the molecule is CC1(C)CCCO1.CO[P+](=O)OCC[n+]1cccc2ccccc21. The predicted octanol–water partition coefficient (Wildman–Crippen LogP) is 4.02. The van der Waals surface area contributed by atoms with E-state index in [4.69, 9.17) is 9.26 Å². The molecule has 1 unspecified atom stereocenters. The summed E-state index contributed by atoms with van der Waals surface area (Å²) in [5.74, 6) is 0. The van der Waals surface area contributed by atoms with Crippen LogP contribution >= 0.6 is 8.25 Å². The van der Waals surface area contributed by atoms with Crippen LogP contribution in [0.15, 0.2) is 42.6 Å². The van der Waals surface area contributed by atoms with Gasteiger partial charge < -0.3 is 4.74 Å². The van der Waals surface area contributed by atoms with Crippen LogP contribution in [-0.2, 0) is 24.9 Å². The van der Waals surface area contributed by atoms with Gasteiger partial charge in [0.05, 0.1) is 12.7 Å². The number of hydrogen-bond acceptors (Lipinski definition) is 4. The molecule has 0 spiro atoms. The molecule has 1 saturated heterocycles. The summed E-state index contributed by atoms with van der Waals surface area (Å²) >= 11 is 0. The van der Waals surface area contributed by atoms with Crippen molar-refractivity contribution in [1.82, 2.24) is 0 Å². The molecule has 1 aliphatic heterocycles. The van der Waals surface area contributed by atoms with Gasteiger partial charge in [-0.2, -0.15) is 4.57 Å². The average molecular weight is 351 g/mol. The van der Waals surface area contributed by atoms with Crippen LogP contribution in [-0.4, -0.2) is 25.9 Å². The number of rotatable bonds is 5. The third-order valence-electron chi connectivity index (χ3n) is 3.88. The molecule has 130 valence electrons. The maximum atomic E-state index is 11.0. The standard InChI is InChI=1S/C12H14NO3P.C6H12O/c1-15-17(14)16-10-9-13-8-4-6-11-5-2-3-7-12(11)13;1-6(2)4-3-5-7-6/h2-8H,9-10H2,1H3;3-5H2,1-2H3/q+2;. The van der Waals surface area contributed by atoms with Crippen molar-refractivity contribution in [3.05, 3.63) is 42.6 Å². The van der Waals surface area contributed by atoms with Crippen LogP contribution in [0, 0.1) is 0 Å². The summed E-state index contributed by atoms with van der Waals surface area (Å²) in [5.41, 5.74) is 1.33. The minimum Gasteiger partial charge on any atom is -0.376 e. The highest BCUT2D eigenvalue weighted by atomic mass is 31.1. The van der Waals surface area contributed by atoms with E-state index in [9.17, 15) is 4.57 Å². The van der Waals surface area contributed by atoms with E-state index >= 15 is 0 Å². The van der Waals surface area contributed by atoms with Crippen LogP contribution in [0.5, 0.6) is 0 Å². The van der Waals surface area contributed by atoms with Gasteiger partial charge in [-0.05, 0) is 38.8 Å². The lowest BCUT2D eigenvalue weighted by atomic mass is 10.1. The third-order valence-corrected chi connectivity index (χ3v) is 4.57. The van der Waals surface area contributed by atoms with E-state index in [1.807, 2.05) is 30.5 Å². The molecule has 3 rings (SSSR count). The van der Waals surface area contributed by atoms with Crippen molar-refractivity contribution in [2.75, 3.05) is 20.3 Å². The highest BCUT2D eigenvalue weighted by Crippen LogP contribution is 2.23. The van der Waals surface area contributed by atoms with Crippen LogP contribution in [0.1, 0.15) is 26.7 Å². The zero-order valence-corrected chi connectivity index (χ0v) is 15.5. The van der Waals surface area contributed by atoms with Crippen LogP contribution in [0.3, 0.4) is 0 Å². The first-order valence-corrected chi connectivity index (χ1v) is 9.27. The molecule has 6 heteroatoms. The van der Waals surface area contributed by atoms with Crippen LogP contribution in [0.2, 0.25) is 0 Å². The number of nitrogens with zero attached hydrogens (tertiary/aromatic N) is 1. The Morgan fingerprint density at radius 1 is 1.25 bits per heavy atom. The molecule has 0 N–H and O–H groups in total. The molecule has 0 saturated carbocycles. The van der Waals surface area contributed by atoms with Crippen LogP contribution in [0.25, 0.3) is 10.9 Å². The second kappa shape index (κ2) is 9.19. The Hall–Kier alpha value is -1.39. The van der Waals surface area contributed by atoms with Crippen LogP contribution < -0.4 is 4.57 Å². The molecule has 1 atom stereocenters. The minimum atomic E-state index is -1.98. The Balaban J connectivity index is 0.000000249. The van der Waals surface area contributed by atoms with Crippen LogP contribution in [0.4, 0.5) is 0 Å². The van der Waals surface area contributed by atoms with Crippen molar-refractivity contribution in [3.8, 4) is 0 Å². The van der Waals surface area contributed by atoms with Crippen molar-refractivity contribution in [2.45, 2.75) is 38.8 Å². The minimum absolute atomic E-state index is 0.194. The zero-order valence-electron chi connectivity index (χ0n) is 14.6. The molecule has 0 radical (unpaired) electrons. The molecule has 2 aromatic rings. The van der Waals surface area contributed by atoms with Gasteiger partial charge in [0.15, 0.2) is 19.3 Å². The van der Waals surface area contributed by atoms with Gasteiger partial charge in [-0.1, -0.05) is 12.1 Å². The van der Waals surface area contributed by atoms with E-state index in [0.29, 0.717) is 13.2 Å². The first kappa shape index (κ1) is 18.9. The average Bonchev–Trinajstić information content (AvgIpc) is 2.99. The maximum absolute atomic E-state index is 11.0. The van der Waals surface area contributed by atoms with Gasteiger partial charge in [0, 0.05) is 28.7 Å². The van der Waals surface area contributed by atoms with E-state index < -0.39 is 8.25 Å². The van der Waals surface area contributed by atoms with Gasteiger partial charge >= 0.3 is 8.25 Å². The van der Waals surface area contributed by atoms with Gasteiger partial charge in [-0.15, -0.1) is 9.05 Å². The third kappa shape index (κ3) is 5.91. The molecular weight excluding hydrogens is 325 g/mol. The van der Waals surface area contributed by atoms with E-state index in [1.54, 1.807) is 0 Å². The summed E-state index contributed by atoms with van der Waals surface area (Å²) in [5, 5.41) is 1.17. The summed E-state index contributed by atoms with van der Waals surface area (Å²) in [7, 11) is -0.616. The second-order valence-corrected chi connectivity index (χ2v) is 7.28. The Bertz CT molecular complexity index is 662. The topological polar surface area (TPSA) is 48.6 Å². The molecule has 1 aromatic heterocycles. The number of fused-ring (bicyclic) bond motifs is 1. The Kier molecular flexibility index (Phi) is 7.25. The normalized spacial score (nSPS) is 16.5. The summed E-state index contributed by atoms with van der Waals surface area (Å²) in [6.07, 6.45) is 4.45. The molecule has 5 nitrogen and oxygen atoms in total. The number of hydrogen-bond donors (Lipinski definition) is 0.